The van der Waals surface area contributed by atoms with Gasteiger partial charge in [0.15, 0.2) is 6.10 Å². The Bertz CT molecular complexity index is 553. The summed E-state index contributed by atoms with van der Waals surface area (Å²) in [6, 6.07) is 0. The predicted octanol–water partition coefficient (Wildman–Crippen LogP) is 2.80. The maximum absolute atomic E-state index is 13.1. The van der Waals surface area contributed by atoms with Gasteiger partial charge >= 0.3 is 5.97 Å². The number of carbonyl (C=O) groups excluding carboxylic acids is 1. The van der Waals surface area contributed by atoms with Crippen molar-refractivity contribution in [3.05, 3.63) is 23.3 Å². The topological polar surface area (TPSA) is 66.8 Å². The van der Waals surface area contributed by atoms with E-state index in [1.165, 1.54) is 13.8 Å². The Morgan fingerprint density at radius 1 is 1.35 bits per heavy atom. The van der Waals surface area contributed by atoms with E-state index in [4.69, 9.17) is 4.74 Å². The molecule has 0 bridgehead atoms. The Balaban J connectivity index is 2.50. The molecule has 0 amide bonds. The lowest BCUT2D eigenvalue weighted by molar-refractivity contribution is -0.203. The molecule has 0 aromatic carbocycles. The molecule has 0 saturated heterocycles. The largest absolute Gasteiger partial charge is 0.455 e. The van der Waals surface area contributed by atoms with Gasteiger partial charge in [0.25, 0.3) is 6.08 Å². The normalized spacial score (nSPS) is 40.0. The third-order valence-corrected chi connectivity index (χ3v) is 5.47. The number of aliphatic hydroxyl groups excluding tert-OH is 1. The van der Waals surface area contributed by atoms with Crippen LogP contribution in [0, 0.1) is 17.8 Å². The quantitative estimate of drug-likeness (QED) is 0.603. The van der Waals surface area contributed by atoms with Crippen molar-refractivity contribution in [2.24, 2.45) is 17.8 Å². The smallest absolute Gasteiger partial charge is 0.303 e. The first-order valence-corrected chi connectivity index (χ1v) is 7.88. The van der Waals surface area contributed by atoms with Crippen LogP contribution in [0.25, 0.3) is 0 Å². The van der Waals surface area contributed by atoms with E-state index in [1.54, 1.807) is 19.9 Å². The van der Waals surface area contributed by atoms with E-state index in [2.05, 4.69) is 0 Å². The van der Waals surface area contributed by atoms with Crippen LogP contribution >= 0.6 is 0 Å². The second kappa shape index (κ2) is 6.32. The van der Waals surface area contributed by atoms with E-state index in [0.29, 0.717) is 18.4 Å². The van der Waals surface area contributed by atoms with Crippen molar-refractivity contribution < 1.29 is 28.5 Å². The fraction of sp³-hybridized carbons (Fsp3) is 0.706. The number of halogens is 2. The van der Waals surface area contributed by atoms with Crippen LogP contribution in [0.15, 0.2) is 23.3 Å². The molecule has 0 heterocycles. The zero-order chi connectivity index (χ0) is 17.5. The van der Waals surface area contributed by atoms with Gasteiger partial charge < -0.3 is 14.9 Å². The number of fused-ring (bicyclic) bond motifs is 1. The Morgan fingerprint density at radius 2 is 1.96 bits per heavy atom. The maximum atomic E-state index is 13.1. The molecule has 1 saturated carbocycles. The number of hydrogen-bond acceptors (Lipinski definition) is 4. The zero-order valence-corrected chi connectivity index (χ0v) is 13.8. The molecular formula is C17H24F2O4. The van der Waals surface area contributed by atoms with Crippen molar-refractivity contribution in [3.8, 4) is 0 Å². The first-order valence-electron chi connectivity index (χ1n) is 7.88. The molecule has 6 unspecified atom stereocenters. The van der Waals surface area contributed by atoms with E-state index < -0.39 is 41.7 Å². The molecular weight excluding hydrogens is 306 g/mol. The second-order valence-corrected chi connectivity index (χ2v) is 6.83. The van der Waals surface area contributed by atoms with Gasteiger partial charge in [-0.3, -0.25) is 4.79 Å². The minimum atomic E-state index is -1.74. The third kappa shape index (κ3) is 2.94. The summed E-state index contributed by atoms with van der Waals surface area (Å²) < 4.78 is 31.3. The summed E-state index contributed by atoms with van der Waals surface area (Å²) in [6.07, 6.45) is -1.31. The van der Waals surface area contributed by atoms with Gasteiger partial charge in [0.05, 0.1) is 0 Å². The SMILES string of the molecule is CC(=O)OC1C(C)=CC2C(C(C)=C(F)F)CCC(C)C2(O)C1O. The van der Waals surface area contributed by atoms with E-state index in [1.807, 2.05) is 0 Å². The van der Waals surface area contributed by atoms with Gasteiger partial charge in [0.1, 0.15) is 11.7 Å². The Kier molecular flexibility index (Phi) is 4.97. The Hall–Kier alpha value is -1.27. The van der Waals surface area contributed by atoms with Gasteiger partial charge in [0.2, 0.25) is 0 Å². The highest BCUT2D eigenvalue weighted by atomic mass is 19.3. The summed E-state index contributed by atoms with van der Waals surface area (Å²) in [5.74, 6) is -2.02. The molecule has 6 atom stereocenters. The van der Waals surface area contributed by atoms with Crippen LogP contribution in [0.5, 0.6) is 0 Å². The lowest BCUT2D eigenvalue weighted by Gasteiger charge is -2.54. The molecule has 6 heteroatoms. The van der Waals surface area contributed by atoms with Crippen molar-refractivity contribution in [1.29, 1.82) is 0 Å². The molecule has 1 fully saturated rings. The molecule has 0 aliphatic heterocycles. The van der Waals surface area contributed by atoms with Crippen LogP contribution in [0.2, 0.25) is 0 Å². The summed E-state index contributed by atoms with van der Waals surface area (Å²) >= 11 is 0. The number of aliphatic hydroxyl groups is 2. The summed E-state index contributed by atoms with van der Waals surface area (Å²) in [4.78, 5) is 11.3. The Morgan fingerprint density at radius 3 is 2.48 bits per heavy atom. The first kappa shape index (κ1) is 18.1. The van der Waals surface area contributed by atoms with E-state index in [0.717, 1.165) is 0 Å². The first-order chi connectivity index (χ1) is 10.6. The fourth-order valence-electron chi connectivity index (χ4n) is 4.06. The number of ether oxygens (including phenoxy) is 1. The van der Waals surface area contributed by atoms with E-state index in [9.17, 15) is 23.8 Å². The monoisotopic (exact) mass is 330 g/mol. The molecule has 4 nitrogen and oxygen atoms in total. The van der Waals surface area contributed by atoms with Crippen LogP contribution < -0.4 is 0 Å². The average molecular weight is 330 g/mol. The predicted molar refractivity (Wildman–Crippen MR) is 80.6 cm³/mol. The van der Waals surface area contributed by atoms with E-state index in [-0.39, 0.29) is 11.5 Å². The lowest BCUT2D eigenvalue weighted by atomic mass is 9.56. The number of carbonyl (C=O) groups is 1. The summed E-state index contributed by atoms with van der Waals surface area (Å²) in [7, 11) is 0. The number of hydrogen-bond donors (Lipinski definition) is 2. The number of allylic oxidation sites excluding steroid dienone is 1. The fourth-order valence-corrected chi connectivity index (χ4v) is 4.06. The van der Waals surface area contributed by atoms with Gasteiger partial charge in [-0.25, -0.2) is 0 Å². The van der Waals surface area contributed by atoms with Crippen LogP contribution in [-0.4, -0.2) is 34.0 Å². The highest BCUT2D eigenvalue weighted by Crippen LogP contribution is 2.51. The van der Waals surface area contributed by atoms with Crippen molar-refractivity contribution in [2.45, 2.75) is 58.3 Å². The van der Waals surface area contributed by atoms with Gasteiger partial charge in [-0.2, -0.15) is 8.78 Å². The van der Waals surface area contributed by atoms with E-state index >= 15 is 0 Å². The molecule has 0 aromatic rings. The minimum Gasteiger partial charge on any atom is -0.455 e. The molecule has 2 aliphatic rings. The van der Waals surface area contributed by atoms with Crippen LogP contribution in [0.3, 0.4) is 0 Å². The van der Waals surface area contributed by atoms with Gasteiger partial charge in [0, 0.05) is 12.8 Å². The molecule has 2 rings (SSSR count). The number of esters is 1. The third-order valence-electron chi connectivity index (χ3n) is 5.47. The van der Waals surface area contributed by atoms with Crippen molar-refractivity contribution >= 4 is 5.97 Å². The molecule has 130 valence electrons. The Labute approximate surface area is 134 Å². The van der Waals surface area contributed by atoms with Crippen LogP contribution in [0.1, 0.15) is 40.5 Å². The van der Waals surface area contributed by atoms with Gasteiger partial charge in [-0.15, -0.1) is 0 Å². The lowest BCUT2D eigenvalue weighted by Crippen LogP contribution is -2.64. The molecule has 23 heavy (non-hydrogen) atoms. The molecule has 2 aliphatic carbocycles. The minimum absolute atomic E-state index is 0.0532. The molecule has 2 N–H and O–H groups in total. The number of rotatable bonds is 2. The zero-order valence-electron chi connectivity index (χ0n) is 13.8. The van der Waals surface area contributed by atoms with Gasteiger partial charge in [-0.1, -0.05) is 13.0 Å². The van der Waals surface area contributed by atoms with Crippen molar-refractivity contribution in [2.75, 3.05) is 0 Å². The molecule has 0 spiro atoms. The van der Waals surface area contributed by atoms with Gasteiger partial charge in [-0.05, 0) is 49.7 Å². The second-order valence-electron chi connectivity index (χ2n) is 6.83. The molecule has 0 aromatic heterocycles. The highest BCUT2D eigenvalue weighted by molar-refractivity contribution is 5.66. The maximum Gasteiger partial charge on any atom is 0.303 e. The van der Waals surface area contributed by atoms with Crippen LogP contribution in [0.4, 0.5) is 8.78 Å². The summed E-state index contributed by atoms with van der Waals surface area (Å²) in [5.41, 5.74) is -1.07. The van der Waals surface area contributed by atoms with Crippen LogP contribution in [-0.2, 0) is 9.53 Å². The highest BCUT2D eigenvalue weighted by Gasteiger charge is 2.58. The summed E-state index contributed by atoms with van der Waals surface area (Å²) in [5, 5.41) is 21.9. The standard InChI is InChI=1S/C17H24F2O4/c1-8-7-13-12(10(3)16(18)19)6-5-9(2)17(13,22)15(21)14(8)23-11(4)20/h7,9,12-15,21-22H,5-6H2,1-4H3. The summed E-state index contributed by atoms with van der Waals surface area (Å²) in [6.45, 7) is 6.06. The van der Waals surface area contributed by atoms with Crippen molar-refractivity contribution in [3.63, 3.8) is 0 Å². The average Bonchev–Trinajstić information content (AvgIpc) is 2.46. The molecule has 0 radical (unpaired) electrons. The van der Waals surface area contributed by atoms with Crippen molar-refractivity contribution in [1.82, 2.24) is 0 Å².